The molecule has 3 rings (SSSR count). The van der Waals surface area contributed by atoms with E-state index in [1.165, 1.54) is 23.6 Å². The minimum Gasteiger partial charge on any atom is -0.352 e. The predicted molar refractivity (Wildman–Crippen MR) is 83.7 cm³/mol. The Bertz CT molecular complexity index is 585. The zero-order valence-electron chi connectivity index (χ0n) is 11.1. The van der Waals surface area contributed by atoms with Crippen molar-refractivity contribution in [3.05, 3.63) is 34.9 Å². The summed E-state index contributed by atoms with van der Waals surface area (Å²) in [7, 11) is 2.02. The van der Waals surface area contributed by atoms with Crippen LogP contribution in [-0.2, 0) is 0 Å². The number of fused-ring (bicyclic) bond motifs is 1. The van der Waals surface area contributed by atoms with Crippen LogP contribution in [0.3, 0.4) is 0 Å². The maximum absolute atomic E-state index is 4.64. The van der Waals surface area contributed by atoms with Crippen molar-refractivity contribution in [2.75, 3.05) is 25.0 Å². The van der Waals surface area contributed by atoms with Gasteiger partial charge in [-0.05, 0) is 32.0 Å². The van der Waals surface area contributed by atoms with Crippen LogP contribution in [0.2, 0.25) is 0 Å². The third-order valence-corrected chi connectivity index (χ3v) is 4.51. The van der Waals surface area contributed by atoms with Gasteiger partial charge in [-0.1, -0.05) is 28.1 Å². The monoisotopic (exact) mass is 319 g/mol. The molecule has 19 heavy (non-hydrogen) atoms. The highest BCUT2D eigenvalue weighted by Gasteiger charge is 2.26. The van der Waals surface area contributed by atoms with Crippen molar-refractivity contribution >= 4 is 32.5 Å². The Balaban J connectivity index is 2.07. The lowest BCUT2D eigenvalue weighted by molar-refractivity contribution is 0.613. The Morgan fingerprint density at radius 3 is 3.11 bits per heavy atom. The molecule has 0 amide bonds. The lowest BCUT2D eigenvalue weighted by Crippen LogP contribution is -2.37. The molecule has 1 atom stereocenters. The highest BCUT2D eigenvalue weighted by Crippen LogP contribution is 2.33. The number of pyridine rings is 1. The molecule has 100 valence electrons. The quantitative estimate of drug-likeness (QED) is 0.941. The van der Waals surface area contributed by atoms with E-state index in [4.69, 9.17) is 0 Å². The Labute approximate surface area is 122 Å². The van der Waals surface area contributed by atoms with Gasteiger partial charge in [-0.3, -0.25) is 0 Å². The molecule has 1 aromatic carbocycles. The molecule has 1 aliphatic heterocycles. The first-order valence-electron chi connectivity index (χ1n) is 6.75. The molecule has 2 heterocycles. The normalized spacial score (nSPS) is 19.3. The highest BCUT2D eigenvalue weighted by molar-refractivity contribution is 9.10. The molecule has 0 radical (unpaired) electrons. The van der Waals surface area contributed by atoms with Crippen LogP contribution in [-0.4, -0.2) is 31.2 Å². The average Bonchev–Trinajstić information content (AvgIpc) is 2.87. The fraction of sp³-hybridized carbons (Fsp3) is 0.400. The van der Waals surface area contributed by atoms with Crippen molar-refractivity contribution < 1.29 is 0 Å². The van der Waals surface area contributed by atoms with Crippen molar-refractivity contribution in [1.29, 1.82) is 0 Å². The summed E-state index contributed by atoms with van der Waals surface area (Å²) in [4.78, 5) is 7.09. The van der Waals surface area contributed by atoms with Gasteiger partial charge in [-0.25, -0.2) is 4.98 Å². The summed E-state index contributed by atoms with van der Waals surface area (Å²) >= 11 is 3.63. The Morgan fingerprint density at radius 1 is 1.37 bits per heavy atom. The van der Waals surface area contributed by atoms with Crippen LogP contribution >= 0.6 is 15.9 Å². The van der Waals surface area contributed by atoms with Gasteiger partial charge in [0.15, 0.2) is 0 Å². The zero-order chi connectivity index (χ0) is 13.2. The van der Waals surface area contributed by atoms with Crippen molar-refractivity contribution in [3.8, 4) is 0 Å². The first kappa shape index (κ1) is 12.9. The minimum absolute atomic E-state index is 0.557. The number of likely N-dealkylation sites (N-methyl/N-ethyl adjacent to an activating group) is 1. The van der Waals surface area contributed by atoms with Gasteiger partial charge in [0.2, 0.25) is 0 Å². The smallest absolute Gasteiger partial charge is 0.136 e. The van der Waals surface area contributed by atoms with Crippen LogP contribution in [0.1, 0.15) is 12.8 Å². The predicted octanol–water partition coefficient (Wildman–Crippen LogP) is 3.19. The molecule has 1 aromatic heterocycles. The number of nitrogens with one attached hydrogen (secondary N) is 1. The van der Waals surface area contributed by atoms with E-state index in [1.54, 1.807) is 0 Å². The molecule has 1 saturated heterocycles. The third kappa shape index (κ3) is 2.35. The maximum atomic E-state index is 4.64. The number of aromatic nitrogens is 1. The fourth-order valence-electron chi connectivity index (χ4n) is 2.94. The van der Waals surface area contributed by atoms with E-state index >= 15 is 0 Å². The second-order valence-corrected chi connectivity index (χ2v) is 5.87. The number of nitrogens with zero attached hydrogens (tertiary/aromatic N) is 2. The molecule has 1 N–H and O–H groups in total. The summed E-state index contributed by atoms with van der Waals surface area (Å²) in [6, 6.07) is 8.97. The van der Waals surface area contributed by atoms with E-state index in [9.17, 15) is 0 Å². The second-order valence-electron chi connectivity index (χ2n) is 5.02. The number of anilines is 1. The van der Waals surface area contributed by atoms with E-state index < -0.39 is 0 Å². The van der Waals surface area contributed by atoms with Crippen molar-refractivity contribution in [1.82, 2.24) is 10.3 Å². The number of halogens is 1. The largest absolute Gasteiger partial charge is 0.352 e. The van der Waals surface area contributed by atoms with Gasteiger partial charge in [0.25, 0.3) is 0 Å². The third-order valence-electron chi connectivity index (χ3n) is 3.82. The number of benzene rings is 1. The van der Waals surface area contributed by atoms with Crippen LogP contribution in [0.4, 0.5) is 5.82 Å². The molecular formula is C15H18BrN3. The number of rotatable bonds is 3. The van der Waals surface area contributed by atoms with E-state index in [0.29, 0.717) is 6.04 Å². The van der Waals surface area contributed by atoms with Gasteiger partial charge in [0.1, 0.15) is 5.82 Å². The summed E-state index contributed by atoms with van der Waals surface area (Å²) in [6.45, 7) is 2.12. The first-order valence-corrected chi connectivity index (χ1v) is 7.55. The van der Waals surface area contributed by atoms with Gasteiger partial charge in [-0.15, -0.1) is 0 Å². The van der Waals surface area contributed by atoms with Crippen molar-refractivity contribution in [2.24, 2.45) is 0 Å². The van der Waals surface area contributed by atoms with Crippen LogP contribution in [0, 0.1) is 0 Å². The SMILES string of the molecule is CNCC1CCCN1c1nccc2c(Br)cccc12. The number of hydrogen-bond acceptors (Lipinski definition) is 3. The van der Waals surface area contributed by atoms with Gasteiger partial charge in [0, 0.05) is 40.6 Å². The standard InChI is InChI=1S/C15H18BrN3/c1-17-10-11-4-3-9-19(11)15-13-5-2-6-14(16)12(13)7-8-18-15/h2,5-8,11,17H,3-4,9-10H2,1H3. The molecule has 4 heteroatoms. The summed E-state index contributed by atoms with van der Waals surface area (Å²) < 4.78 is 1.14. The first-order chi connectivity index (χ1) is 9.31. The molecule has 3 nitrogen and oxygen atoms in total. The molecule has 1 unspecified atom stereocenters. The van der Waals surface area contributed by atoms with E-state index in [1.807, 2.05) is 13.2 Å². The molecule has 0 bridgehead atoms. The van der Waals surface area contributed by atoms with E-state index in [2.05, 4.69) is 55.4 Å². The molecule has 2 aromatic rings. The maximum Gasteiger partial charge on any atom is 0.136 e. The fourth-order valence-corrected chi connectivity index (χ4v) is 3.44. The Morgan fingerprint density at radius 2 is 2.26 bits per heavy atom. The van der Waals surface area contributed by atoms with Crippen LogP contribution in [0.25, 0.3) is 10.8 Å². The minimum atomic E-state index is 0.557. The molecular weight excluding hydrogens is 302 g/mol. The topological polar surface area (TPSA) is 28.2 Å². The summed E-state index contributed by atoms with van der Waals surface area (Å²) in [6.07, 6.45) is 4.41. The Hall–Kier alpha value is -1.13. The van der Waals surface area contributed by atoms with E-state index in [-0.39, 0.29) is 0 Å². The van der Waals surface area contributed by atoms with Crippen LogP contribution < -0.4 is 10.2 Å². The Kier molecular flexibility index (Phi) is 3.71. The van der Waals surface area contributed by atoms with Gasteiger partial charge in [0.05, 0.1) is 0 Å². The lowest BCUT2D eigenvalue weighted by Gasteiger charge is -2.26. The number of hydrogen-bond donors (Lipinski definition) is 1. The van der Waals surface area contributed by atoms with Gasteiger partial charge in [-0.2, -0.15) is 0 Å². The molecule has 1 fully saturated rings. The molecule has 1 aliphatic rings. The van der Waals surface area contributed by atoms with Gasteiger partial charge >= 0.3 is 0 Å². The summed E-state index contributed by atoms with van der Waals surface area (Å²) in [5.41, 5.74) is 0. The lowest BCUT2D eigenvalue weighted by atomic mass is 10.1. The molecule has 0 saturated carbocycles. The summed E-state index contributed by atoms with van der Waals surface area (Å²) in [5.74, 6) is 1.12. The van der Waals surface area contributed by atoms with Gasteiger partial charge < -0.3 is 10.2 Å². The van der Waals surface area contributed by atoms with Crippen LogP contribution in [0.5, 0.6) is 0 Å². The summed E-state index contributed by atoms with van der Waals surface area (Å²) in [5, 5.41) is 5.76. The van der Waals surface area contributed by atoms with Crippen molar-refractivity contribution in [2.45, 2.75) is 18.9 Å². The van der Waals surface area contributed by atoms with Crippen LogP contribution in [0.15, 0.2) is 34.9 Å². The molecule has 0 aliphatic carbocycles. The van der Waals surface area contributed by atoms with Crippen molar-refractivity contribution in [3.63, 3.8) is 0 Å². The average molecular weight is 320 g/mol. The molecule has 0 spiro atoms. The highest BCUT2D eigenvalue weighted by atomic mass is 79.9. The zero-order valence-corrected chi connectivity index (χ0v) is 12.7. The second kappa shape index (κ2) is 5.47. The van der Waals surface area contributed by atoms with E-state index in [0.717, 1.165) is 23.4 Å².